The fourth-order valence-electron chi connectivity index (χ4n) is 4.27. The predicted molar refractivity (Wildman–Crippen MR) is 102 cm³/mol. The summed E-state index contributed by atoms with van der Waals surface area (Å²) in [7, 11) is 1.69. The number of nitrogens with zero attached hydrogens (tertiary/aromatic N) is 1. The van der Waals surface area contributed by atoms with Crippen molar-refractivity contribution in [3.05, 3.63) is 29.8 Å². The summed E-state index contributed by atoms with van der Waals surface area (Å²) in [6.45, 7) is 6.75. The Kier molecular flexibility index (Phi) is 6.20. The summed E-state index contributed by atoms with van der Waals surface area (Å²) < 4.78 is 11.1. The van der Waals surface area contributed by atoms with Crippen molar-refractivity contribution >= 4 is 5.91 Å². The van der Waals surface area contributed by atoms with Gasteiger partial charge in [-0.2, -0.15) is 0 Å². The van der Waals surface area contributed by atoms with Crippen LogP contribution in [0.15, 0.2) is 24.3 Å². The number of hydrogen-bond acceptors (Lipinski definition) is 4. The third-order valence-corrected chi connectivity index (χ3v) is 5.55. The number of nitrogens with one attached hydrogen (secondary N) is 1. The molecule has 2 saturated heterocycles. The highest BCUT2D eigenvalue weighted by Gasteiger charge is 2.40. The van der Waals surface area contributed by atoms with Crippen molar-refractivity contribution in [1.82, 2.24) is 10.2 Å². The molecular weight excluding hydrogens is 328 g/mol. The number of carbonyl (C=O) groups is 1. The summed E-state index contributed by atoms with van der Waals surface area (Å²) in [5.41, 5.74) is 1.09. The fraction of sp³-hybridized carbons (Fsp3) is 0.667. The summed E-state index contributed by atoms with van der Waals surface area (Å²) in [4.78, 5) is 14.6. The molecule has 2 aliphatic rings. The molecule has 0 aromatic heterocycles. The molecule has 2 aliphatic heterocycles. The van der Waals surface area contributed by atoms with Crippen LogP contribution in [0.4, 0.5) is 0 Å². The molecule has 0 saturated carbocycles. The minimum absolute atomic E-state index is 0.124. The quantitative estimate of drug-likeness (QED) is 0.759. The second kappa shape index (κ2) is 8.40. The van der Waals surface area contributed by atoms with Crippen LogP contribution in [-0.2, 0) is 16.1 Å². The standard InChI is InChI=1S/C21H32N2O3/c1-21(2)14-18(10-12-26-21)23-17(7-8-20(23)24)9-11-22-15-16-5-4-6-19(13-16)25-3/h4-6,13,17-18,22H,7-12,14-15H2,1-3H3. The summed E-state index contributed by atoms with van der Waals surface area (Å²) in [6, 6.07) is 8.82. The first-order valence-corrected chi connectivity index (χ1v) is 9.77. The van der Waals surface area contributed by atoms with E-state index < -0.39 is 0 Å². The van der Waals surface area contributed by atoms with Crippen molar-refractivity contribution in [1.29, 1.82) is 0 Å². The van der Waals surface area contributed by atoms with Crippen LogP contribution in [0.2, 0.25) is 0 Å². The molecule has 0 bridgehead atoms. The molecule has 2 unspecified atom stereocenters. The first-order valence-electron chi connectivity index (χ1n) is 9.77. The van der Waals surface area contributed by atoms with E-state index in [1.54, 1.807) is 7.11 Å². The molecule has 1 amide bonds. The van der Waals surface area contributed by atoms with Gasteiger partial charge in [-0.15, -0.1) is 0 Å². The highest BCUT2D eigenvalue weighted by atomic mass is 16.5. The van der Waals surface area contributed by atoms with Gasteiger partial charge in [-0.25, -0.2) is 0 Å². The number of likely N-dealkylation sites (tertiary alicyclic amines) is 1. The van der Waals surface area contributed by atoms with E-state index >= 15 is 0 Å². The lowest BCUT2D eigenvalue weighted by atomic mass is 9.92. The number of ether oxygens (including phenoxy) is 2. The second-order valence-electron chi connectivity index (χ2n) is 8.07. The molecule has 2 heterocycles. The van der Waals surface area contributed by atoms with E-state index in [-0.39, 0.29) is 5.60 Å². The van der Waals surface area contributed by atoms with Crippen LogP contribution in [0.25, 0.3) is 0 Å². The summed E-state index contributed by atoms with van der Waals surface area (Å²) in [5.74, 6) is 1.21. The van der Waals surface area contributed by atoms with Gasteiger partial charge in [0.1, 0.15) is 5.75 Å². The number of amides is 1. The van der Waals surface area contributed by atoms with Crippen molar-refractivity contribution in [3.63, 3.8) is 0 Å². The van der Waals surface area contributed by atoms with Gasteiger partial charge in [0.05, 0.1) is 12.7 Å². The number of rotatable bonds is 7. The van der Waals surface area contributed by atoms with Gasteiger partial charge in [-0.05, 0) is 63.8 Å². The molecule has 0 aliphatic carbocycles. The van der Waals surface area contributed by atoms with E-state index in [0.717, 1.165) is 51.1 Å². The maximum Gasteiger partial charge on any atom is 0.223 e. The van der Waals surface area contributed by atoms with Gasteiger partial charge in [-0.1, -0.05) is 12.1 Å². The number of carbonyl (C=O) groups excluding carboxylic acids is 1. The molecular formula is C21H32N2O3. The molecule has 144 valence electrons. The van der Waals surface area contributed by atoms with Crippen LogP contribution < -0.4 is 10.1 Å². The molecule has 1 N–H and O–H groups in total. The molecule has 0 spiro atoms. The SMILES string of the molecule is COc1cccc(CNCCC2CCC(=O)N2C2CCOC(C)(C)C2)c1. The van der Waals surface area contributed by atoms with Crippen LogP contribution in [0.3, 0.4) is 0 Å². The van der Waals surface area contributed by atoms with Gasteiger partial charge < -0.3 is 19.7 Å². The zero-order valence-electron chi connectivity index (χ0n) is 16.3. The van der Waals surface area contributed by atoms with Crippen LogP contribution in [0, 0.1) is 0 Å². The van der Waals surface area contributed by atoms with Gasteiger partial charge in [0, 0.05) is 31.7 Å². The van der Waals surface area contributed by atoms with Gasteiger partial charge in [0.15, 0.2) is 0 Å². The first kappa shape index (κ1) is 19.2. The lowest BCUT2D eigenvalue weighted by Gasteiger charge is -2.42. The minimum atomic E-state index is -0.124. The van der Waals surface area contributed by atoms with Gasteiger partial charge in [0.2, 0.25) is 5.91 Å². The number of hydrogen-bond donors (Lipinski definition) is 1. The Morgan fingerprint density at radius 3 is 2.96 bits per heavy atom. The monoisotopic (exact) mass is 360 g/mol. The lowest BCUT2D eigenvalue weighted by molar-refractivity contribution is -0.138. The molecule has 3 rings (SSSR count). The van der Waals surface area contributed by atoms with Crippen LogP contribution in [0.5, 0.6) is 5.75 Å². The zero-order chi connectivity index (χ0) is 18.6. The Balaban J connectivity index is 1.49. The molecule has 1 aromatic carbocycles. The normalized spacial score (nSPS) is 25.5. The smallest absolute Gasteiger partial charge is 0.223 e. The van der Waals surface area contributed by atoms with E-state index in [1.807, 2.05) is 12.1 Å². The fourth-order valence-corrected chi connectivity index (χ4v) is 4.27. The van der Waals surface area contributed by atoms with Crippen molar-refractivity contribution < 1.29 is 14.3 Å². The Morgan fingerprint density at radius 2 is 2.19 bits per heavy atom. The van der Waals surface area contributed by atoms with E-state index in [9.17, 15) is 4.79 Å². The third-order valence-electron chi connectivity index (χ3n) is 5.55. The van der Waals surface area contributed by atoms with Crippen molar-refractivity contribution in [2.45, 2.75) is 70.2 Å². The molecule has 0 radical (unpaired) electrons. The summed E-state index contributed by atoms with van der Waals surface area (Å²) in [5, 5.41) is 3.52. The maximum absolute atomic E-state index is 12.5. The summed E-state index contributed by atoms with van der Waals surface area (Å²) >= 11 is 0. The van der Waals surface area contributed by atoms with Crippen LogP contribution in [-0.4, -0.2) is 48.8 Å². The molecule has 1 aromatic rings. The van der Waals surface area contributed by atoms with E-state index in [2.05, 4.69) is 36.2 Å². The van der Waals surface area contributed by atoms with Crippen LogP contribution >= 0.6 is 0 Å². The molecule has 2 fully saturated rings. The lowest BCUT2D eigenvalue weighted by Crippen LogP contribution is -2.49. The van der Waals surface area contributed by atoms with Crippen molar-refractivity contribution in [2.24, 2.45) is 0 Å². The Morgan fingerprint density at radius 1 is 1.35 bits per heavy atom. The highest BCUT2D eigenvalue weighted by Crippen LogP contribution is 2.33. The van der Waals surface area contributed by atoms with Crippen molar-refractivity contribution in [2.75, 3.05) is 20.3 Å². The Labute approximate surface area is 157 Å². The number of methoxy groups -OCH3 is 1. The molecule has 26 heavy (non-hydrogen) atoms. The minimum Gasteiger partial charge on any atom is -0.497 e. The topological polar surface area (TPSA) is 50.8 Å². The van der Waals surface area contributed by atoms with E-state index in [4.69, 9.17) is 9.47 Å². The average Bonchev–Trinajstić information content (AvgIpc) is 2.98. The zero-order valence-corrected chi connectivity index (χ0v) is 16.3. The van der Waals surface area contributed by atoms with Crippen LogP contribution in [0.1, 0.15) is 51.5 Å². The third kappa shape index (κ3) is 4.77. The predicted octanol–water partition coefficient (Wildman–Crippen LogP) is 3.12. The van der Waals surface area contributed by atoms with Gasteiger partial charge in [-0.3, -0.25) is 4.79 Å². The van der Waals surface area contributed by atoms with Gasteiger partial charge in [0.25, 0.3) is 0 Å². The first-order chi connectivity index (χ1) is 12.5. The summed E-state index contributed by atoms with van der Waals surface area (Å²) in [6.07, 6.45) is 4.58. The average molecular weight is 360 g/mol. The highest BCUT2D eigenvalue weighted by molar-refractivity contribution is 5.79. The molecule has 2 atom stereocenters. The number of benzene rings is 1. The maximum atomic E-state index is 12.5. The Bertz CT molecular complexity index is 617. The second-order valence-corrected chi connectivity index (χ2v) is 8.07. The van der Waals surface area contributed by atoms with E-state index in [1.165, 1.54) is 5.56 Å². The van der Waals surface area contributed by atoms with Crippen molar-refractivity contribution in [3.8, 4) is 5.75 Å². The Hall–Kier alpha value is -1.59. The van der Waals surface area contributed by atoms with Gasteiger partial charge >= 0.3 is 0 Å². The van der Waals surface area contributed by atoms with E-state index in [0.29, 0.717) is 24.4 Å². The largest absolute Gasteiger partial charge is 0.497 e. The molecule has 5 nitrogen and oxygen atoms in total. The molecule has 5 heteroatoms.